The predicted octanol–water partition coefficient (Wildman–Crippen LogP) is 0.777. The summed E-state index contributed by atoms with van der Waals surface area (Å²) in [6.45, 7) is 1.81. The molecular weight excluding hydrogens is 164 g/mol. The van der Waals surface area contributed by atoms with Gasteiger partial charge in [-0.15, -0.1) is 0 Å². The van der Waals surface area contributed by atoms with E-state index in [-0.39, 0.29) is 13.0 Å². The fraction of sp³-hybridized carbons (Fsp3) is 0.714. The lowest BCUT2D eigenvalue weighted by Gasteiger charge is -2.31. The Morgan fingerprint density at radius 1 is 1.75 bits per heavy atom. The Labute approximate surface area is 69.3 Å². The summed E-state index contributed by atoms with van der Waals surface area (Å²) < 4.78 is 9.24. The summed E-state index contributed by atoms with van der Waals surface area (Å²) in [5.74, 6) is -0.979. The van der Waals surface area contributed by atoms with Gasteiger partial charge in [0.2, 0.25) is 0 Å². The fourth-order valence-electron chi connectivity index (χ4n) is 1.08. The number of cyclic esters (lactones) is 2. The van der Waals surface area contributed by atoms with E-state index in [0.29, 0.717) is 6.42 Å². The van der Waals surface area contributed by atoms with E-state index in [4.69, 9.17) is 9.84 Å². The van der Waals surface area contributed by atoms with Crippen LogP contribution in [0.2, 0.25) is 0 Å². The Morgan fingerprint density at radius 3 is 2.92 bits per heavy atom. The zero-order valence-electron chi connectivity index (χ0n) is 6.70. The van der Waals surface area contributed by atoms with Crippen LogP contribution in [-0.2, 0) is 14.3 Å². The second-order valence-electron chi connectivity index (χ2n) is 2.97. The third-order valence-electron chi connectivity index (χ3n) is 1.71. The van der Waals surface area contributed by atoms with Crippen molar-refractivity contribution >= 4 is 12.1 Å². The summed E-state index contributed by atoms with van der Waals surface area (Å²) >= 11 is 0. The van der Waals surface area contributed by atoms with Gasteiger partial charge in [0, 0.05) is 6.42 Å². The number of hydrogen-bond donors (Lipinski definition) is 1. The number of carbonyl (C=O) groups excluding carboxylic acids is 1. The fourth-order valence-corrected chi connectivity index (χ4v) is 1.08. The second-order valence-corrected chi connectivity index (χ2v) is 2.97. The van der Waals surface area contributed by atoms with Crippen LogP contribution in [0.4, 0.5) is 4.79 Å². The van der Waals surface area contributed by atoms with Gasteiger partial charge in [-0.1, -0.05) is 0 Å². The van der Waals surface area contributed by atoms with Crippen molar-refractivity contribution < 1.29 is 24.2 Å². The Balaban J connectivity index is 2.57. The molecule has 0 bridgehead atoms. The van der Waals surface area contributed by atoms with E-state index >= 15 is 0 Å². The minimum absolute atomic E-state index is 0.178. The molecule has 0 radical (unpaired) electrons. The van der Waals surface area contributed by atoms with Crippen LogP contribution in [0.25, 0.3) is 0 Å². The standard InChI is InChI=1S/C7H10O5/c1-7(4-5(8)9)2-3-11-6(10)12-7/h2-4H2,1H3,(H,8,9). The first kappa shape index (κ1) is 8.83. The van der Waals surface area contributed by atoms with Gasteiger partial charge < -0.3 is 14.6 Å². The summed E-state index contributed by atoms with van der Waals surface area (Å²) in [5.41, 5.74) is -0.902. The summed E-state index contributed by atoms with van der Waals surface area (Å²) in [7, 11) is 0. The van der Waals surface area contributed by atoms with Crippen LogP contribution < -0.4 is 0 Å². The molecule has 0 spiro atoms. The molecule has 5 nitrogen and oxygen atoms in total. The minimum atomic E-state index is -0.979. The number of carboxylic acid groups (broad SMARTS) is 1. The van der Waals surface area contributed by atoms with Crippen LogP contribution in [0.5, 0.6) is 0 Å². The first-order valence-electron chi connectivity index (χ1n) is 3.59. The number of aliphatic carboxylic acids is 1. The largest absolute Gasteiger partial charge is 0.508 e. The van der Waals surface area contributed by atoms with E-state index < -0.39 is 17.7 Å². The monoisotopic (exact) mass is 174 g/mol. The van der Waals surface area contributed by atoms with Crippen LogP contribution in [0.15, 0.2) is 0 Å². The molecule has 1 saturated heterocycles. The molecule has 1 atom stereocenters. The predicted molar refractivity (Wildman–Crippen MR) is 37.7 cm³/mol. The summed E-state index contributed by atoms with van der Waals surface area (Å²) in [6.07, 6.45) is -0.544. The van der Waals surface area contributed by atoms with E-state index in [2.05, 4.69) is 4.74 Å². The Hall–Kier alpha value is -1.26. The van der Waals surface area contributed by atoms with Gasteiger partial charge in [0.15, 0.2) is 0 Å². The minimum Gasteiger partial charge on any atom is -0.481 e. The van der Waals surface area contributed by atoms with E-state index in [1.54, 1.807) is 6.92 Å². The van der Waals surface area contributed by atoms with Crippen LogP contribution >= 0.6 is 0 Å². The molecule has 5 heteroatoms. The summed E-state index contributed by atoms with van der Waals surface area (Å²) in [4.78, 5) is 21.0. The third-order valence-corrected chi connectivity index (χ3v) is 1.71. The van der Waals surface area contributed by atoms with E-state index in [1.807, 2.05) is 0 Å². The Kier molecular flexibility index (Phi) is 2.21. The lowest BCUT2D eigenvalue weighted by Crippen LogP contribution is -2.40. The molecule has 0 aliphatic carbocycles. The molecule has 1 heterocycles. The highest BCUT2D eigenvalue weighted by Gasteiger charge is 2.36. The molecule has 0 saturated carbocycles. The topological polar surface area (TPSA) is 72.8 Å². The maximum Gasteiger partial charge on any atom is 0.508 e. The van der Waals surface area contributed by atoms with Crippen molar-refractivity contribution in [2.24, 2.45) is 0 Å². The van der Waals surface area contributed by atoms with Crippen molar-refractivity contribution in [3.8, 4) is 0 Å². The van der Waals surface area contributed by atoms with Crippen molar-refractivity contribution in [3.05, 3.63) is 0 Å². The first-order valence-corrected chi connectivity index (χ1v) is 3.59. The molecule has 1 aliphatic rings. The van der Waals surface area contributed by atoms with Gasteiger partial charge in [0.05, 0.1) is 13.0 Å². The van der Waals surface area contributed by atoms with Crippen molar-refractivity contribution in [3.63, 3.8) is 0 Å². The smallest absolute Gasteiger partial charge is 0.481 e. The highest BCUT2D eigenvalue weighted by atomic mass is 16.7. The average Bonchev–Trinajstić information content (AvgIpc) is 1.82. The number of hydrogen-bond acceptors (Lipinski definition) is 4. The highest BCUT2D eigenvalue weighted by molar-refractivity contribution is 5.69. The number of carboxylic acids is 1. The first-order chi connectivity index (χ1) is 5.52. The van der Waals surface area contributed by atoms with Gasteiger partial charge in [-0.2, -0.15) is 0 Å². The highest BCUT2D eigenvalue weighted by Crippen LogP contribution is 2.24. The lowest BCUT2D eigenvalue weighted by molar-refractivity contribution is -0.146. The zero-order chi connectivity index (χ0) is 9.19. The molecule has 68 valence electrons. The maximum absolute atomic E-state index is 10.6. The number of rotatable bonds is 2. The van der Waals surface area contributed by atoms with Gasteiger partial charge in [0.25, 0.3) is 0 Å². The molecule has 1 fully saturated rings. The van der Waals surface area contributed by atoms with Gasteiger partial charge >= 0.3 is 12.1 Å². The Bertz CT molecular complexity index is 208. The summed E-state index contributed by atoms with van der Waals surface area (Å²) in [5, 5.41) is 8.49. The molecule has 1 N–H and O–H groups in total. The van der Waals surface area contributed by atoms with Crippen molar-refractivity contribution in [2.45, 2.75) is 25.4 Å². The van der Waals surface area contributed by atoms with Crippen molar-refractivity contribution in [2.75, 3.05) is 6.61 Å². The molecule has 1 aliphatic heterocycles. The third kappa shape index (κ3) is 2.11. The quantitative estimate of drug-likeness (QED) is 0.626. The molecule has 0 amide bonds. The van der Waals surface area contributed by atoms with Crippen LogP contribution in [0, 0.1) is 0 Å². The number of ether oxygens (including phenoxy) is 2. The van der Waals surface area contributed by atoms with Crippen LogP contribution in [-0.4, -0.2) is 29.4 Å². The second kappa shape index (κ2) is 3.00. The van der Waals surface area contributed by atoms with Crippen molar-refractivity contribution in [1.82, 2.24) is 0 Å². The molecule has 1 unspecified atom stereocenters. The molecule has 1 rings (SSSR count). The summed E-state index contributed by atoms with van der Waals surface area (Å²) in [6, 6.07) is 0. The lowest BCUT2D eigenvalue weighted by atomic mass is 9.98. The Morgan fingerprint density at radius 2 is 2.42 bits per heavy atom. The molecule has 0 aromatic carbocycles. The van der Waals surface area contributed by atoms with Gasteiger partial charge in [-0.25, -0.2) is 4.79 Å². The van der Waals surface area contributed by atoms with E-state index in [1.165, 1.54) is 0 Å². The SMILES string of the molecule is CC1(CC(=O)O)CCOC(=O)O1. The molecule has 0 aromatic heterocycles. The zero-order valence-corrected chi connectivity index (χ0v) is 6.70. The molecule has 0 aromatic rings. The van der Waals surface area contributed by atoms with Crippen LogP contribution in [0.1, 0.15) is 19.8 Å². The van der Waals surface area contributed by atoms with Gasteiger partial charge in [0.1, 0.15) is 5.60 Å². The average molecular weight is 174 g/mol. The van der Waals surface area contributed by atoms with Crippen LogP contribution in [0.3, 0.4) is 0 Å². The van der Waals surface area contributed by atoms with Crippen molar-refractivity contribution in [1.29, 1.82) is 0 Å². The van der Waals surface area contributed by atoms with Gasteiger partial charge in [-0.3, -0.25) is 4.79 Å². The van der Waals surface area contributed by atoms with E-state index in [9.17, 15) is 9.59 Å². The normalized spacial score (nSPS) is 28.9. The maximum atomic E-state index is 10.6. The molecular formula is C7H10O5. The molecule has 12 heavy (non-hydrogen) atoms. The van der Waals surface area contributed by atoms with E-state index in [0.717, 1.165) is 0 Å². The number of carbonyl (C=O) groups is 2. The van der Waals surface area contributed by atoms with Gasteiger partial charge in [-0.05, 0) is 6.92 Å².